The summed E-state index contributed by atoms with van der Waals surface area (Å²) in [6.45, 7) is 4.45. The van der Waals surface area contributed by atoms with E-state index in [2.05, 4.69) is 36.4 Å². The van der Waals surface area contributed by atoms with Gasteiger partial charge in [-0.05, 0) is 59.4 Å². The highest BCUT2D eigenvalue weighted by atomic mass is 127. The lowest BCUT2D eigenvalue weighted by molar-refractivity contribution is 0.0691. The van der Waals surface area contributed by atoms with Gasteiger partial charge in [0.2, 0.25) is 0 Å². The lowest BCUT2D eigenvalue weighted by Gasteiger charge is -2.18. The highest BCUT2D eigenvalue weighted by Crippen LogP contribution is 2.41. The zero-order valence-corrected chi connectivity index (χ0v) is 22.5. The van der Waals surface area contributed by atoms with Crippen LogP contribution in [0.15, 0.2) is 0 Å². The van der Waals surface area contributed by atoms with Crippen molar-refractivity contribution < 1.29 is 20.1 Å². The fourth-order valence-corrected chi connectivity index (χ4v) is 5.28. The Labute approximate surface area is 209 Å². The summed E-state index contributed by atoms with van der Waals surface area (Å²) in [7, 11) is 0. The molecule has 0 heterocycles. The molecule has 184 valence electrons. The molecule has 32 heavy (non-hydrogen) atoms. The van der Waals surface area contributed by atoms with Crippen LogP contribution in [0.1, 0.15) is 138 Å². The van der Waals surface area contributed by atoms with Crippen molar-refractivity contribution in [3.05, 3.63) is 20.3 Å². The lowest BCUT2D eigenvalue weighted by atomic mass is 9.91. The molecule has 1 aromatic rings. The molecule has 0 bridgehead atoms. The van der Waals surface area contributed by atoms with Crippen molar-refractivity contribution in [1.82, 2.24) is 0 Å². The van der Waals surface area contributed by atoms with E-state index in [0.717, 1.165) is 43.2 Å². The number of phenols is 2. The van der Waals surface area contributed by atoms with Gasteiger partial charge in [0, 0.05) is 0 Å². The molecule has 0 atom stereocenters. The van der Waals surface area contributed by atoms with Gasteiger partial charge < -0.3 is 15.3 Å². The van der Waals surface area contributed by atoms with Gasteiger partial charge in [0.25, 0.3) is 0 Å². The van der Waals surface area contributed by atoms with Crippen LogP contribution in [0, 0.1) is 3.57 Å². The number of carbonyl (C=O) groups is 1. The average molecular weight is 561 g/mol. The number of hydrogen-bond donors (Lipinski definition) is 3. The summed E-state index contributed by atoms with van der Waals surface area (Å²) < 4.78 is 0.614. The first-order valence-corrected chi connectivity index (χ1v) is 14.0. The number of aromatic carboxylic acids is 1. The number of halogens is 1. The first-order chi connectivity index (χ1) is 15.5. The largest absolute Gasteiger partial charge is 0.504 e. The number of rotatable bonds is 19. The minimum atomic E-state index is -1.15. The summed E-state index contributed by atoms with van der Waals surface area (Å²) in [5, 5.41) is 30.5. The number of aromatic hydroxyl groups is 2. The molecule has 0 saturated carbocycles. The van der Waals surface area contributed by atoms with Crippen molar-refractivity contribution in [2.45, 2.75) is 129 Å². The highest BCUT2D eigenvalue weighted by Gasteiger charge is 2.25. The number of phenolic OH excluding ortho intramolecular Hbond substituents is 1. The van der Waals surface area contributed by atoms with Crippen LogP contribution in [-0.2, 0) is 12.8 Å². The van der Waals surface area contributed by atoms with E-state index in [1.165, 1.54) is 77.0 Å². The Morgan fingerprint density at radius 3 is 1.41 bits per heavy atom. The Hall–Kier alpha value is -0.980. The van der Waals surface area contributed by atoms with Crippen molar-refractivity contribution in [3.8, 4) is 11.5 Å². The fraction of sp³-hybridized carbons (Fsp3) is 0.741. The molecule has 4 nitrogen and oxygen atoms in total. The summed E-state index contributed by atoms with van der Waals surface area (Å²) in [6.07, 6.45) is 20.6. The SMILES string of the molecule is CCCCCCCCCCc1c(I)c(O)c(O)c(C(=O)O)c1CCCCCCCCCC. The highest BCUT2D eigenvalue weighted by molar-refractivity contribution is 14.1. The summed E-state index contributed by atoms with van der Waals surface area (Å²) in [4.78, 5) is 11.9. The van der Waals surface area contributed by atoms with Crippen LogP contribution < -0.4 is 0 Å². The molecule has 0 saturated heterocycles. The number of carboxylic acids is 1. The van der Waals surface area contributed by atoms with Gasteiger partial charge >= 0.3 is 5.97 Å². The Morgan fingerprint density at radius 2 is 1.00 bits per heavy atom. The first kappa shape index (κ1) is 29.1. The van der Waals surface area contributed by atoms with Crippen LogP contribution in [0.25, 0.3) is 0 Å². The second-order valence-corrected chi connectivity index (χ2v) is 10.2. The molecular formula is C27H45IO4. The van der Waals surface area contributed by atoms with Gasteiger partial charge in [0.15, 0.2) is 11.5 Å². The molecule has 1 aromatic carbocycles. The molecule has 0 amide bonds. The average Bonchev–Trinajstić information content (AvgIpc) is 2.77. The molecule has 0 fully saturated rings. The molecule has 0 aliphatic heterocycles. The number of unbranched alkanes of at least 4 members (excludes halogenated alkanes) is 14. The second-order valence-electron chi connectivity index (χ2n) is 9.10. The van der Waals surface area contributed by atoms with E-state index in [9.17, 15) is 20.1 Å². The maximum absolute atomic E-state index is 11.9. The van der Waals surface area contributed by atoms with Crippen molar-refractivity contribution >= 4 is 28.6 Å². The van der Waals surface area contributed by atoms with Gasteiger partial charge in [-0.1, -0.05) is 104 Å². The maximum atomic E-state index is 11.9. The molecular weight excluding hydrogens is 515 g/mol. The van der Waals surface area contributed by atoms with E-state index in [0.29, 0.717) is 9.99 Å². The van der Waals surface area contributed by atoms with Gasteiger partial charge in [-0.2, -0.15) is 0 Å². The second kappa shape index (κ2) is 17.5. The fourth-order valence-electron chi connectivity index (χ4n) is 4.43. The van der Waals surface area contributed by atoms with Gasteiger partial charge in [-0.15, -0.1) is 0 Å². The third kappa shape index (κ3) is 10.3. The number of benzene rings is 1. The third-order valence-corrected chi connectivity index (χ3v) is 7.54. The topological polar surface area (TPSA) is 77.8 Å². The molecule has 0 spiro atoms. The van der Waals surface area contributed by atoms with E-state index in [4.69, 9.17) is 0 Å². The quantitative estimate of drug-likeness (QED) is 0.0898. The van der Waals surface area contributed by atoms with Crippen LogP contribution in [0.4, 0.5) is 0 Å². The summed E-state index contributed by atoms with van der Waals surface area (Å²) in [5.74, 6) is -1.91. The van der Waals surface area contributed by atoms with Crippen LogP contribution >= 0.6 is 22.6 Å². The standard InChI is InChI=1S/C27H45IO4/c1-3-5-7-9-11-13-15-17-19-21-22(20-18-16-14-12-10-8-6-4-2)24(28)26(30)25(29)23(21)27(31)32/h29-30H,3-20H2,1-2H3,(H,31,32). The third-order valence-electron chi connectivity index (χ3n) is 6.37. The monoisotopic (exact) mass is 560 g/mol. The maximum Gasteiger partial charge on any atom is 0.339 e. The molecule has 5 heteroatoms. The Morgan fingerprint density at radius 1 is 0.625 bits per heavy atom. The number of hydrogen-bond acceptors (Lipinski definition) is 3. The van der Waals surface area contributed by atoms with Crippen LogP contribution in [0.5, 0.6) is 11.5 Å². The van der Waals surface area contributed by atoms with Crippen molar-refractivity contribution in [2.24, 2.45) is 0 Å². The Kier molecular flexibility index (Phi) is 15.9. The lowest BCUT2D eigenvalue weighted by Crippen LogP contribution is -2.10. The van der Waals surface area contributed by atoms with Crippen LogP contribution in [-0.4, -0.2) is 21.3 Å². The van der Waals surface area contributed by atoms with Gasteiger partial charge in [-0.25, -0.2) is 4.79 Å². The zero-order chi connectivity index (χ0) is 23.8. The van der Waals surface area contributed by atoms with E-state index >= 15 is 0 Å². The summed E-state index contributed by atoms with van der Waals surface area (Å²) in [5.41, 5.74) is 1.55. The first-order valence-electron chi connectivity index (χ1n) is 12.9. The predicted molar refractivity (Wildman–Crippen MR) is 142 cm³/mol. The van der Waals surface area contributed by atoms with Crippen molar-refractivity contribution in [1.29, 1.82) is 0 Å². The summed E-state index contributed by atoms with van der Waals surface area (Å²) >= 11 is 2.06. The number of carboxylic acid groups (broad SMARTS) is 1. The van der Waals surface area contributed by atoms with E-state index in [1.54, 1.807) is 0 Å². The zero-order valence-electron chi connectivity index (χ0n) is 20.4. The smallest absolute Gasteiger partial charge is 0.339 e. The van der Waals surface area contributed by atoms with E-state index in [-0.39, 0.29) is 11.3 Å². The molecule has 0 aliphatic carbocycles. The summed E-state index contributed by atoms with van der Waals surface area (Å²) in [6, 6.07) is 0. The Balaban J connectivity index is 2.72. The van der Waals surface area contributed by atoms with Crippen molar-refractivity contribution in [2.75, 3.05) is 0 Å². The normalized spacial score (nSPS) is 11.2. The van der Waals surface area contributed by atoms with Crippen LogP contribution in [0.3, 0.4) is 0 Å². The minimum absolute atomic E-state index is 0.0968. The minimum Gasteiger partial charge on any atom is -0.504 e. The van der Waals surface area contributed by atoms with E-state index < -0.39 is 11.7 Å². The van der Waals surface area contributed by atoms with Gasteiger partial charge in [0.1, 0.15) is 5.56 Å². The van der Waals surface area contributed by atoms with E-state index in [1.807, 2.05) is 0 Å². The molecule has 0 aliphatic rings. The predicted octanol–water partition coefficient (Wildman–Crippen LogP) is 8.77. The van der Waals surface area contributed by atoms with Gasteiger partial charge in [-0.3, -0.25) is 0 Å². The van der Waals surface area contributed by atoms with Crippen LogP contribution in [0.2, 0.25) is 0 Å². The molecule has 0 unspecified atom stereocenters. The van der Waals surface area contributed by atoms with Gasteiger partial charge in [0.05, 0.1) is 3.57 Å². The molecule has 1 rings (SSSR count). The molecule has 0 radical (unpaired) electrons. The van der Waals surface area contributed by atoms with Crippen molar-refractivity contribution in [3.63, 3.8) is 0 Å². The molecule has 0 aromatic heterocycles. The molecule has 3 N–H and O–H groups in total. The Bertz CT molecular complexity index is 672.